The van der Waals surface area contributed by atoms with E-state index in [1.807, 2.05) is 121 Å². The maximum Gasteiger partial charge on any atom is 0.119 e. The highest BCUT2D eigenvalue weighted by molar-refractivity contribution is 5.66. The van der Waals surface area contributed by atoms with E-state index in [0.29, 0.717) is 0 Å². The lowest BCUT2D eigenvalue weighted by molar-refractivity contribution is -0.00350. The lowest BCUT2D eigenvalue weighted by Gasteiger charge is -2.33. The minimum Gasteiger partial charge on any atom is -0.493 e. The van der Waals surface area contributed by atoms with Crippen LogP contribution in [0.5, 0.6) is 23.0 Å². The molecule has 0 fully saturated rings. The molecule has 0 saturated heterocycles. The summed E-state index contributed by atoms with van der Waals surface area (Å²) in [6, 6.07) is 74.2. The van der Waals surface area contributed by atoms with Crippen LogP contribution in [0.2, 0.25) is 0 Å². The van der Waals surface area contributed by atoms with E-state index in [4.69, 9.17) is 18.9 Å². The second-order valence-electron chi connectivity index (χ2n) is 14.2. The molecule has 4 heteroatoms. The fourth-order valence-electron chi connectivity index (χ4n) is 6.69. The molecular formula is C53H44O4. The van der Waals surface area contributed by atoms with Gasteiger partial charge in [0.15, 0.2) is 0 Å². The molecule has 4 nitrogen and oxygen atoms in total. The average molecular weight is 745 g/mol. The van der Waals surface area contributed by atoms with Crippen LogP contribution in [0.1, 0.15) is 0 Å². The van der Waals surface area contributed by atoms with Gasteiger partial charge in [-0.2, -0.15) is 0 Å². The summed E-state index contributed by atoms with van der Waals surface area (Å²) in [5.74, 6) is 3.02. The van der Waals surface area contributed by atoms with Crippen LogP contribution in [0.3, 0.4) is 0 Å². The Labute approximate surface area is 335 Å². The first-order valence-electron chi connectivity index (χ1n) is 19.3. The molecule has 0 heterocycles. The Morgan fingerprint density at radius 3 is 0.579 bits per heavy atom. The van der Waals surface area contributed by atoms with Crippen LogP contribution < -0.4 is 18.9 Å². The number of hydrogen-bond donors (Lipinski definition) is 0. The Morgan fingerprint density at radius 1 is 0.211 bits per heavy atom. The monoisotopic (exact) mass is 744 g/mol. The smallest absolute Gasteiger partial charge is 0.119 e. The van der Waals surface area contributed by atoms with Crippen molar-refractivity contribution in [1.82, 2.24) is 0 Å². The molecule has 8 aromatic rings. The summed E-state index contributed by atoms with van der Waals surface area (Å²) in [6.07, 6.45) is 0. The molecular weight excluding hydrogens is 701 g/mol. The van der Waals surface area contributed by atoms with E-state index >= 15 is 0 Å². The van der Waals surface area contributed by atoms with Crippen LogP contribution >= 0.6 is 0 Å². The molecule has 8 aromatic carbocycles. The van der Waals surface area contributed by atoms with Gasteiger partial charge < -0.3 is 18.9 Å². The van der Waals surface area contributed by atoms with Crippen LogP contribution in [0.15, 0.2) is 218 Å². The van der Waals surface area contributed by atoms with Crippen molar-refractivity contribution in [3.63, 3.8) is 0 Å². The van der Waals surface area contributed by atoms with E-state index in [-0.39, 0.29) is 26.4 Å². The lowest BCUT2D eigenvalue weighted by atomic mass is 9.92. The molecule has 0 aliphatic heterocycles. The van der Waals surface area contributed by atoms with Crippen molar-refractivity contribution >= 4 is 0 Å². The molecule has 0 aromatic heterocycles. The third-order valence-electron chi connectivity index (χ3n) is 10.0. The van der Waals surface area contributed by atoms with Crippen molar-refractivity contribution in [2.75, 3.05) is 26.4 Å². The minimum atomic E-state index is -0.730. The summed E-state index contributed by atoms with van der Waals surface area (Å²) in [5.41, 5.74) is 8.40. The fraction of sp³-hybridized carbons (Fsp3) is 0.0943. The molecule has 280 valence electrons. The molecule has 0 spiro atoms. The van der Waals surface area contributed by atoms with Crippen molar-refractivity contribution in [3.05, 3.63) is 218 Å². The molecule has 0 bridgehead atoms. The van der Waals surface area contributed by atoms with E-state index in [1.54, 1.807) is 0 Å². The summed E-state index contributed by atoms with van der Waals surface area (Å²) >= 11 is 0. The Morgan fingerprint density at radius 2 is 0.386 bits per heavy atom. The zero-order valence-corrected chi connectivity index (χ0v) is 31.7. The van der Waals surface area contributed by atoms with E-state index < -0.39 is 5.41 Å². The SMILES string of the molecule is c1ccc(-c2ccc(OCC(COc3ccc(-c4ccccc4)cc3)(COc3ccc(-c4ccccc4)cc3)COc3ccc(-c4ccccc4)cc3)cc2)cc1. The number of hydrogen-bond acceptors (Lipinski definition) is 4. The van der Waals surface area contributed by atoms with Crippen LogP contribution in [-0.2, 0) is 0 Å². The van der Waals surface area contributed by atoms with Gasteiger partial charge in [0.1, 0.15) is 54.8 Å². The Kier molecular flexibility index (Phi) is 11.7. The molecule has 0 aliphatic rings. The molecule has 0 amide bonds. The molecule has 0 unspecified atom stereocenters. The van der Waals surface area contributed by atoms with Gasteiger partial charge in [-0.15, -0.1) is 0 Å². The van der Waals surface area contributed by atoms with E-state index in [0.717, 1.165) is 67.5 Å². The topological polar surface area (TPSA) is 36.9 Å². The summed E-state index contributed by atoms with van der Waals surface area (Å²) in [7, 11) is 0. The molecule has 8 rings (SSSR count). The third kappa shape index (κ3) is 9.80. The van der Waals surface area contributed by atoms with Gasteiger partial charge in [0.05, 0.1) is 0 Å². The van der Waals surface area contributed by atoms with Gasteiger partial charge in [-0.25, -0.2) is 0 Å². The Bertz CT molecular complexity index is 2040. The highest BCUT2D eigenvalue weighted by atomic mass is 16.5. The number of ether oxygens (including phenoxy) is 4. The molecule has 0 radical (unpaired) electrons. The predicted octanol–water partition coefficient (Wildman–Crippen LogP) is 13.0. The van der Waals surface area contributed by atoms with Gasteiger partial charge in [0.25, 0.3) is 0 Å². The second kappa shape index (κ2) is 18.1. The maximum absolute atomic E-state index is 6.62. The molecule has 57 heavy (non-hydrogen) atoms. The largest absolute Gasteiger partial charge is 0.493 e. The summed E-state index contributed by atoms with van der Waals surface area (Å²) in [6.45, 7) is 1.13. The Balaban J connectivity index is 1.06. The van der Waals surface area contributed by atoms with Gasteiger partial charge >= 0.3 is 0 Å². The van der Waals surface area contributed by atoms with Crippen molar-refractivity contribution in [2.45, 2.75) is 0 Å². The van der Waals surface area contributed by atoms with Gasteiger partial charge in [0.2, 0.25) is 0 Å². The van der Waals surface area contributed by atoms with Crippen molar-refractivity contribution < 1.29 is 18.9 Å². The maximum atomic E-state index is 6.62. The van der Waals surface area contributed by atoms with E-state index in [1.165, 1.54) is 0 Å². The zero-order valence-electron chi connectivity index (χ0n) is 31.7. The van der Waals surface area contributed by atoms with Crippen molar-refractivity contribution in [2.24, 2.45) is 5.41 Å². The standard InChI is InChI=1S/C53H44O4/c1-5-13-41(14-6-1)45-21-29-49(30-22-45)54-37-53(38-55-50-31-23-46(24-32-50)42-15-7-2-8-16-42,39-56-51-33-25-47(26-34-51)43-17-9-3-10-18-43)40-57-52-35-27-48(28-36-52)44-19-11-4-12-20-44/h1-36H,37-40H2. The van der Waals surface area contributed by atoms with Gasteiger partial charge in [-0.3, -0.25) is 0 Å². The van der Waals surface area contributed by atoms with Crippen LogP contribution in [0.25, 0.3) is 44.5 Å². The molecule has 0 atom stereocenters. The van der Waals surface area contributed by atoms with E-state index in [2.05, 4.69) is 97.1 Å². The zero-order chi connectivity index (χ0) is 38.5. The Hall–Kier alpha value is -7.04. The quantitative estimate of drug-likeness (QED) is 0.0987. The van der Waals surface area contributed by atoms with Gasteiger partial charge in [0, 0.05) is 0 Å². The van der Waals surface area contributed by atoms with Crippen LogP contribution in [0.4, 0.5) is 0 Å². The lowest BCUT2D eigenvalue weighted by Crippen LogP contribution is -2.45. The normalized spacial score (nSPS) is 11.1. The van der Waals surface area contributed by atoms with Crippen molar-refractivity contribution in [3.8, 4) is 67.5 Å². The second-order valence-corrected chi connectivity index (χ2v) is 14.2. The summed E-state index contributed by atoms with van der Waals surface area (Å²) in [4.78, 5) is 0. The molecule has 0 N–H and O–H groups in total. The third-order valence-corrected chi connectivity index (χ3v) is 10.0. The van der Waals surface area contributed by atoms with Crippen LogP contribution in [-0.4, -0.2) is 26.4 Å². The van der Waals surface area contributed by atoms with Gasteiger partial charge in [-0.05, 0) is 93.0 Å². The summed E-state index contributed by atoms with van der Waals surface area (Å²) in [5, 5.41) is 0. The summed E-state index contributed by atoms with van der Waals surface area (Å²) < 4.78 is 26.5. The first-order chi connectivity index (χ1) is 28.2. The van der Waals surface area contributed by atoms with Crippen molar-refractivity contribution in [1.29, 1.82) is 0 Å². The minimum absolute atomic E-state index is 0.282. The average Bonchev–Trinajstić information content (AvgIpc) is 3.30. The van der Waals surface area contributed by atoms with E-state index in [9.17, 15) is 0 Å². The predicted molar refractivity (Wildman–Crippen MR) is 232 cm³/mol. The first-order valence-corrected chi connectivity index (χ1v) is 19.3. The highest BCUT2D eigenvalue weighted by Gasteiger charge is 2.36. The highest BCUT2D eigenvalue weighted by Crippen LogP contribution is 2.31. The number of rotatable bonds is 16. The molecule has 0 aliphatic carbocycles. The molecule has 0 saturated carbocycles. The van der Waals surface area contributed by atoms with Crippen LogP contribution in [0, 0.1) is 5.41 Å². The van der Waals surface area contributed by atoms with Gasteiger partial charge in [-0.1, -0.05) is 170 Å². The first kappa shape index (κ1) is 36.9. The fourth-order valence-corrected chi connectivity index (χ4v) is 6.69. The number of benzene rings is 8.